The van der Waals surface area contributed by atoms with Gasteiger partial charge in [-0.15, -0.1) is 0 Å². The van der Waals surface area contributed by atoms with E-state index in [-0.39, 0.29) is 5.56 Å². The Bertz CT molecular complexity index is 1380. The predicted octanol–water partition coefficient (Wildman–Crippen LogP) is 5.12. The zero-order valence-electron chi connectivity index (χ0n) is 18.2. The van der Waals surface area contributed by atoms with Crippen LogP contribution < -0.4 is 11.1 Å². The van der Waals surface area contributed by atoms with Crippen LogP contribution in [0.4, 0.5) is 13.2 Å². The Morgan fingerprint density at radius 2 is 1.82 bits per heavy atom. The van der Waals surface area contributed by atoms with E-state index in [1.165, 1.54) is 18.3 Å². The second-order valence-corrected chi connectivity index (χ2v) is 8.31. The number of halogens is 3. The van der Waals surface area contributed by atoms with E-state index in [4.69, 9.17) is 5.73 Å². The van der Waals surface area contributed by atoms with Gasteiger partial charge in [-0.2, -0.15) is 18.3 Å². The van der Waals surface area contributed by atoms with E-state index in [2.05, 4.69) is 15.5 Å². The molecular weight excluding hydrogens is 441 g/mol. The fourth-order valence-corrected chi connectivity index (χ4v) is 4.64. The first-order valence-electron chi connectivity index (χ1n) is 11.0. The van der Waals surface area contributed by atoms with E-state index in [1.807, 2.05) is 24.3 Å². The molecule has 4 aromatic rings. The van der Waals surface area contributed by atoms with Crippen molar-refractivity contribution in [2.45, 2.75) is 25.2 Å². The molecule has 1 aromatic heterocycles. The Kier molecular flexibility index (Phi) is 5.63. The van der Waals surface area contributed by atoms with Crippen LogP contribution in [0.3, 0.4) is 0 Å². The molecule has 1 aliphatic heterocycles. The van der Waals surface area contributed by atoms with Gasteiger partial charge in [0.15, 0.2) is 6.23 Å². The highest BCUT2D eigenvalue weighted by molar-refractivity contribution is 5.98. The van der Waals surface area contributed by atoms with Crippen LogP contribution in [-0.2, 0) is 12.6 Å². The lowest BCUT2D eigenvalue weighted by molar-refractivity contribution is -0.137. The maximum atomic E-state index is 13.8. The highest BCUT2D eigenvalue weighted by atomic mass is 19.4. The van der Waals surface area contributed by atoms with E-state index in [0.717, 1.165) is 39.9 Å². The van der Waals surface area contributed by atoms with Crippen LogP contribution in [0.2, 0.25) is 0 Å². The predicted molar refractivity (Wildman–Crippen MR) is 126 cm³/mol. The van der Waals surface area contributed by atoms with Crippen molar-refractivity contribution in [3.05, 3.63) is 94.9 Å². The van der Waals surface area contributed by atoms with E-state index in [9.17, 15) is 18.3 Å². The van der Waals surface area contributed by atoms with Crippen LogP contribution in [-0.4, -0.2) is 21.8 Å². The summed E-state index contributed by atoms with van der Waals surface area (Å²) in [6.45, 7) is 0.496. The lowest BCUT2D eigenvalue weighted by Gasteiger charge is -2.28. The second kappa shape index (κ2) is 8.62. The Morgan fingerprint density at radius 3 is 2.56 bits per heavy atom. The van der Waals surface area contributed by atoms with Gasteiger partial charge in [0.1, 0.15) is 0 Å². The first kappa shape index (κ1) is 22.2. The summed E-state index contributed by atoms with van der Waals surface area (Å²) in [6, 6.07) is 13.3. The molecule has 0 aliphatic carbocycles. The third-order valence-corrected chi connectivity index (χ3v) is 6.22. The standard InChI is InChI=1S/C26H23F3N4O/c27-26(28,29)23-6-2-1-5-19(23)22-14-31-25(34)24-20-10-15(17-12-32-33-13-17)7-8-18(20)16(4-3-9-30)11-21(22)24/h1-2,5-8,10-14,25,31,34H,3-4,9,30H2,(H,32,33). The zero-order chi connectivity index (χ0) is 23.9. The van der Waals surface area contributed by atoms with Gasteiger partial charge in [0.2, 0.25) is 0 Å². The van der Waals surface area contributed by atoms with Gasteiger partial charge in [0, 0.05) is 29.1 Å². The molecule has 2 heterocycles. The smallest absolute Gasteiger partial charge is 0.369 e. The van der Waals surface area contributed by atoms with Gasteiger partial charge >= 0.3 is 6.18 Å². The van der Waals surface area contributed by atoms with E-state index in [0.29, 0.717) is 29.7 Å². The quantitative estimate of drug-likeness (QED) is 0.330. The number of aromatic amines is 1. The fourth-order valence-electron chi connectivity index (χ4n) is 4.64. The number of hydrogen-bond acceptors (Lipinski definition) is 4. The molecule has 34 heavy (non-hydrogen) atoms. The van der Waals surface area contributed by atoms with Gasteiger partial charge in [0.05, 0.1) is 11.8 Å². The zero-order valence-corrected chi connectivity index (χ0v) is 18.2. The van der Waals surface area contributed by atoms with Crippen molar-refractivity contribution in [3.63, 3.8) is 0 Å². The minimum atomic E-state index is -4.51. The topological polar surface area (TPSA) is 87.0 Å². The number of nitrogens with zero attached hydrogens (tertiary/aromatic N) is 1. The largest absolute Gasteiger partial charge is 0.417 e. The first-order chi connectivity index (χ1) is 16.4. The lowest BCUT2D eigenvalue weighted by Crippen LogP contribution is -2.23. The number of hydrogen-bond donors (Lipinski definition) is 4. The van der Waals surface area contributed by atoms with Crippen molar-refractivity contribution < 1.29 is 18.3 Å². The number of alkyl halides is 3. The highest BCUT2D eigenvalue weighted by Gasteiger charge is 2.35. The maximum absolute atomic E-state index is 13.8. The Balaban J connectivity index is 1.79. The third-order valence-electron chi connectivity index (χ3n) is 6.22. The molecule has 5 N–H and O–H groups in total. The fraction of sp³-hybridized carbons (Fsp3) is 0.192. The summed E-state index contributed by atoms with van der Waals surface area (Å²) in [7, 11) is 0. The molecule has 0 saturated carbocycles. The molecule has 5 nitrogen and oxygen atoms in total. The number of nitrogens with two attached hydrogens (primary N) is 1. The molecule has 3 aromatic carbocycles. The monoisotopic (exact) mass is 464 g/mol. The number of aliphatic hydroxyl groups excluding tert-OH is 1. The number of rotatable bonds is 5. The van der Waals surface area contributed by atoms with Gasteiger partial charge in [-0.05, 0) is 70.6 Å². The van der Waals surface area contributed by atoms with Crippen LogP contribution in [0, 0.1) is 0 Å². The molecule has 0 amide bonds. The number of benzene rings is 3. The summed E-state index contributed by atoms with van der Waals surface area (Å²) in [5.41, 5.74) is 9.34. The first-order valence-corrected chi connectivity index (χ1v) is 11.0. The van der Waals surface area contributed by atoms with Gasteiger partial charge in [-0.1, -0.05) is 30.3 Å². The van der Waals surface area contributed by atoms with Crippen LogP contribution in [0.25, 0.3) is 27.5 Å². The van der Waals surface area contributed by atoms with E-state index in [1.54, 1.807) is 18.5 Å². The summed E-state index contributed by atoms with van der Waals surface area (Å²) >= 11 is 0. The minimum Gasteiger partial charge on any atom is -0.369 e. The second-order valence-electron chi connectivity index (χ2n) is 8.31. The van der Waals surface area contributed by atoms with Gasteiger partial charge in [-0.3, -0.25) is 5.10 Å². The minimum absolute atomic E-state index is 0.0609. The molecular formula is C26H23F3N4O. The van der Waals surface area contributed by atoms with Crippen molar-refractivity contribution >= 4 is 16.3 Å². The van der Waals surface area contributed by atoms with Gasteiger partial charge in [0.25, 0.3) is 0 Å². The molecule has 5 rings (SSSR count). The summed E-state index contributed by atoms with van der Waals surface area (Å²) in [5.74, 6) is 0. The average Bonchev–Trinajstić information content (AvgIpc) is 3.37. The van der Waals surface area contributed by atoms with Crippen LogP contribution in [0.5, 0.6) is 0 Å². The number of aliphatic hydroxyl groups is 1. The lowest BCUT2D eigenvalue weighted by atomic mass is 9.83. The van der Waals surface area contributed by atoms with Crippen molar-refractivity contribution in [1.82, 2.24) is 15.5 Å². The van der Waals surface area contributed by atoms with Gasteiger partial charge < -0.3 is 16.2 Å². The van der Waals surface area contributed by atoms with Crippen molar-refractivity contribution in [1.29, 1.82) is 0 Å². The van der Waals surface area contributed by atoms with Crippen LogP contribution >= 0.6 is 0 Å². The molecule has 0 bridgehead atoms. The SMILES string of the molecule is NCCCc1cc2c(c3cc(-c4cn[nH]c4)ccc13)C(O)NC=C2c1ccccc1C(F)(F)F. The molecule has 1 atom stereocenters. The van der Waals surface area contributed by atoms with Crippen LogP contribution in [0.1, 0.15) is 40.5 Å². The summed E-state index contributed by atoms with van der Waals surface area (Å²) in [5, 5.41) is 22.3. The molecule has 1 aliphatic rings. The Morgan fingerprint density at radius 1 is 1.00 bits per heavy atom. The normalized spacial score (nSPS) is 15.7. The highest BCUT2D eigenvalue weighted by Crippen LogP contribution is 2.43. The summed E-state index contributed by atoms with van der Waals surface area (Å²) < 4.78 is 41.5. The van der Waals surface area contributed by atoms with Crippen molar-refractivity contribution in [2.75, 3.05) is 6.54 Å². The molecule has 174 valence electrons. The molecule has 0 fully saturated rings. The third kappa shape index (κ3) is 3.85. The number of aryl methyl sites for hydroxylation is 1. The molecule has 0 spiro atoms. The molecule has 0 radical (unpaired) electrons. The maximum Gasteiger partial charge on any atom is 0.417 e. The van der Waals surface area contributed by atoms with Crippen LogP contribution in [0.15, 0.2) is 67.1 Å². The Labute approximate surface area is 194 Å². The number of fused-ring (bicyclic) bond motifs is 3. The average molecular weight is 464 g/mol. The molecule has 0 saturated heterocycles. The van der Waals surface area contributed by atoms with Gasteiger partial charge in [-0.25, -0.2) is 0 Å². The number of H-pyrrole nitrogens is 1. The Hall–Kier alpha value is -3.62. The van der Waals surface area contributed by atoms with Crippen molar-refractivity contribution in [3.8, 4) is 11.1 Å². The van der Waals surface area contributed by atoms with Crippen molar-refractivity contribution in [2.24, 2.45) is 5.73 Å². The molecule has 8 heteroatoms. The van der Waals surface area contributed by atoms with E-state index < -0.39 is 18.0 Å². The number of nitrogens with one attached hydrogen (secondary N) is 2. The summed E-state index contributed by atoms with van der Waals surface area (Å²) in [6.07, 6.45) is 0.760. The summed E-state index contributed by atoms with van der Waals surface area (Å²) in [4.78, 5) is 0. The van der Waals surface area contributed by atoms with E-state index >= 15 is 0 Å². The molecule has 1 unspecified atom stereocenters. The number of aromatic nitrogens is 2.